The van der Waals surface area contributed by atoms with Gasteiger partial charge in [0.05, 0.1) is 42.0 Å². The third-order valence-corrected chi connectivity index (χ3v) is 2.12. The lowest BCUT2D eigenvalue weighted by atomic mass is 9.96. The molecule has 0 atom stereocenters. The van der Waals surface area contributed by atoms with Crippen LogP contribution in [0.3, 0.4) is 0 Å². The Balaban J connectivity index is 2.42. The molecular formula is C8H11N5. The summed E-state index contributed by atoms with van der Waals surface area (Å²) in [6.45, 7) is 1.90. The van der Waals surface area contributed by atoms with Crippen LogP contribution in [0.1, 0.15) is 18.3 Å². The van der Waals surface area contributed by atoms with Crippen LogP contribution in [-0.2, 0) is 5.54 Å². The maximum Gasteiger partial charge on any atom is 0.0970 e. The van der Waals surface area contributed by atoms with Gasteiger partial charge in [-0.1, -0.05) is 0 Å². The van der Waals surface area contributed by atoms with Crippen molar-refractivity contribution in [1.29, 1.82) is 0 Å². The Kier molecular flexibility index (Phi) is 1.66. The number of imidazole rings is 2. The standard InChI is InChI=1S/C8H11N5/c1-8(9,6-2-10-4-12-6)7-3-11-5-13-7/h2-5H,9H2,1H3,(H,10,12)(H,11,13). The first-order valence-electron chi connectivity index (χ1n) is 3.98. The zero-order valence-corrected chi connectivity index (χ0v) is 7.28. The highest BCUT2D eigenvalue weighted by Gasteiger charge is 2.26. The molecule has 2 aromatic heterocycles. The Morgan fingerprint density at radius 1 is 1.15 bits per heavy atom. The van der Waals surface area contributed by atoms with Gasteiger partial charge in [-0.3, -0.25) is 0 Å². The molecule has 2 aromatic rings. The first kappa shape index (κ1) is 8.00. The van der Waals surface area contributed by atoms with Gasteiger partial charge in [-0.2, -0.15) is 0 Å². The Labute approximate surface area is 75.4 Å². The first-order chi connectivity index (χ1) is 6.21. The number of H-pyrrole nitrogens is 2. The van der Waals surface area contributed by atoms with E-state index < -0.39 is 5.54 Å². The molecule has 0 aliphatic heterocycles. The topological polar surface area (TPSA) is 83.4 Å². The van der Waals surface area contributed by atoms with Crippen LogP contribution in [0.25, 0.3) is 0 Å². The lowest BCUT2D eigenvalue weighted by Gasteiger charge is -2.20. The molecule has 4 N–H and O–H groups in total. The van der Waals surface area contributed by atoms with Crippen LogP contribution < -0.4 is 5.73 Å². The molecule has 5 heteroatoms. The average Bonchev–Trinajstić information content (AvgIpc) is 2.78. The highest BCUT2D eigenvalue weighted by Crippen LogP contribution is 2.21. The van der Waals surface area contributed by atoms with Crippen LogP contribution in [0.15, 0.2) is 25.0 Å². The van der Waals surface area contributed by atoms with Gasteiger partial charge in [-0.25, -0.2) is 9.97 Å². The van der Waals surface area contributed by atoms with Gasteiger partial charge in [0.1, 0.15) is 0 Å². The summed E-state index contributed by atoms with van der Waals surface area (Å²) >= 11 is 0. The van der Waals surface area contributed by atoms with E-state index in [0.717, 1.165) is 11.4 Å². The van der Waals surface area contributed by atoms with E-state index in [0.29, 0.717) is 0 Å². The van der Waals surface area contributed by atoms with E-state index >= 15 is 0 Å². The molecule has 0 unspecified atom stereocenters. The molecule has 2 rings (SSSR count). The van der Waals surface area contributed by atoms with Gasteiger partial charge < -0.3 is 15.7 Å². The maximum atomic E-state index is 6.11. The summed E-state index contributed by atoms with van der Waals surface area (Å²) in [5.41, 5.74) is 7.23. The molecule has 68 valence electrons. The largest absolute Gasteiger partial charge is 0.347 e. The number of nitrogens with one attached hydrogen (secondary N) is 2. The van der Waals surface area contributed by atoms with E-state index in [2.05, 4.69) is 19.9 Å². The number of hydrogen-bond acceptors (Lipinski definition) is 3. The van der Waals surface area contributed by atoms with Crippen molar-refractivity contribution in [3.8, 4) is 0 Å². The minimum Gasteiger partial charge on any atom is -0.347 e. The van der Waals surface area contributed by atoms with Crippen molar-refractivity contribution in [2.45, 2.75) is 12.5 Å². The number of nitrogens with zero attached hydrogens (tertiary/aromatic N) is 2. The van der Waals surface area contributed by atoms with Crippen LogP contribution >= 0.6 is 0 Å². The van der Waals surface area contributed by atoms with Crippen molar-refractivity contribution in [2.75, 3.05) is 0 Å². The summed E-state index contributed by atoms with van der Waals surface area (Å²) < 4.78 is 0. The summed E-state index contributed by atoms with van der Waals surface area (Å²) in [7, 11) is 0. The summed E-state index contributed by atoms with van der Waals surface area (Å²) in [5, 5.41) is 0. The fraction of sp³-hybridized carbons (Fsp3) is 0.250. The second-order valence-electron chi connectivity index (χ2n) is 3.13. The summed E-state index contributed by atoms with van der Waals surface area (Å²) in [6, 6.07) is 0. The molecule has 0 bridgehead atoms. The molecule has 0 saturated carbocycles. The highest BCUT2D eigenvalue weighted by molar-refractivity contribution is 5.24. The normalized spacial score (nSPS) is 11.8. The molecule has 0 saturated heterocycles. The number of aromatic amines is 2. The van der Waals surface area contributed by atoms with Crippen molar-refractivity contribution in [2.24, 2.45) is 5.73 Å². The van der Waals surface area contributed by atoms with Crippen molar-refractivity contribution in [3.05, 3.63) is 36.4 Å². The zero-order chi connectivity index (χ0) is 9.31. The minimum atomic E-state index is -0.590. The van der Waals surface area contributed by atoms with E-state index in [1.54, 1.807) is 25.0 Å². The lowest BCUT2D eigenvalue weighted by Crippen LogP contribution is -2.35. The second-order valence-corrected chi connectivity index (χ2v) is 3.13. The highest BCUT2D eigenvalue weighted by atomic mass is 15.0. The van der Waals surface area contributed by atoms with E-state index in [4.69, 9.17) is 5.73 Å². The molecule has 13 heavy (non-hydrogen) atoms. The lowest BCUT2D eigenvalue weighted by molar-refractivity contribution is 0.568. The van der Waals surface area contributed by atoms with Crippen molar-refractivity contribution >= 4 is 0 Å². The van der Waals surface area contributed by atoms with Crippen molar-refractivity contribution in [1.82, 2.24) is 19.9 Å². The summed E-state index contributed by atoms with van der Waals surface area (Å²) in [5.74, 6) is 0. The molecule has 0 aromatic carbocycles. The van der Waals surface area contributed by atoms with E-state index in [1.807, 2.05) is 6.92 Å². The predicted molar refractivity (Wildman–Crippen MR) is 47.8 cm³/mol. The van der Waals surface area contributed by atoms with Crippen LogP contribution in [0, 0.1) is 0 Å². The van der Waals surface area contributed by atoms with E-state index in [9.17, 15) is 0 Å². The SMILES string of the molecule is CC(N)(c1cnc[nH]1)c1cnc[nH]1. The predicted octanol–water partition coefficient (Wildman–Crippen LogP) is 0.355. The average molecular weight is 177 g/mol. The quantitative estimate of drug-likeness (QED) is 0.619. The van der Waals surface area contributed by atoms with Crippen molar-refractivity contribution in [3.63, 3.8) is 0 Å². The first-order valence-corrected chi connectivity index (χ1v) is 3.98. The fourth-order valence-corrected chi connectivity index (χ4v) is 1.22. The van der Waals surface area contributed by atoms with E-state index in [-0.39, 0.29) is 0 Å². The molecule has 5 nitrogen and oxygen atoms in total. The van der Waals surface area contributed by atoms with Crippen LogP contribution in [0.2, 0.25) is 0 Å². The van der Waals surface area contributed by atoms with Gasteiger partial charge in [0.2, 0.25) is 0 Å². The van der Waals surface area contributed by atoms with Gasteiger partial charge in [0.15, 0.2) is 0 Å². The fourth-order valence-electron chi connectivity index (χ4n) is 1.22. The van der Waals surface area contributed by atoms with Crippen LogP contribution in [0.5, 0.6) is 0 Å². The molecule has 0 amide bonds. The maximum absolute atomic E-state index is 6.11. The molecule has 2 heterocycles. The zero-order valence-electron chi connectivity index (χ0n) is 7.28. The molecule has 0 fully saturated rings. The van der Waals surface area contributed by atoms with Crippen LogP contribution in [0.4, 0.5) is 0 Å². The second kappa shape index (κ2) is 2.70. The molecule has 0 aliphatic rings. The van der Waals surface area contributed by atoms with Gasteiger partial charge >= 0.3 is 0 Å². The molecular weight excluding hydrogens is 166 g/mol. The Morgan fingerprint density at radius 3 is 1.92 bits per heavy atom. The van der Waals surface area contributed by atoms with Gasteiger partial charge in [0, 0.05) is 0 Å². The van der Waals surface area contributed by atoms with Crippen molar-refractivity contribution < 1.29 is 0 Å². The molecule has 0 spiro atoms. The monoisotopic (exact) mass is 177 g/mol. The van der Waals surface area contributed by atoms with Crippen LogP contribution in [-0.4, -0.2) is 19.9 Å². The Bertz CT molecular complexity index is 323. The van der Waals surface area contributed by atoms with E-state index in [1.165, 1.54) is 0 Å². The summed E-state index contributed by atoms with van der Waals surface area (Å²) in [6.07, 6.45) is 6.63. The number of aromatic nitrogens is 4. The minimum absolute atomic E-state index is 0.590. The van der Waals surface area contributed by atoms with Gasteiger partial charge in [0.25, 0.3) is 0 Å². The third kappa shape index (κ3) is 1.23. The van der Waals surface area contributed by atoms with Gasteiger partial charge in [-0.15, -0.1) is 0 Å². The Hall–Kier alpha value is -1.62. The summed E-state index contributed by atoms with van der Waals surface area (Å²) in [4.78, 5) is 13.8. The van der Waals surface area contributed by atoms with Gasteiger partial charge in [-0.05, 0) is 6.92 Å². The number of hydrogen-bond donors (Lipinski definition) is 3. The molecule has 0 radical (unpaired) electrons. The number of rotatable bonds is 2. The molecule has 0 aliphatic carbocycles. The third-order valence-electron chi connectivity index (χ3n) is 2.12. The smallest absolute Gasteiger partial charge is 0.0970 e. The number of nitrogens with two attached hydrogens (primary N) is 1. The Morgan fingerprint density at radius 2 is 1.62 bits per heavy atom.